The van der Waals surface area contributed by atoms with Crippen LogP contribution in [-0.4, -0.2) is 30.0 Å². The van der Waals surface area contributed by atoms with Crippen LogP contribution >= 0.6 is 11.3 Å². The second-order valence-corrected chi connectivity index (χ2v) is 4.56. The van der Waals surface area contributed by atoms with Crippen molar-refractivity contribution in [3.63, 3.8) is 0 Å². The van der Waals surface area contributed by atoms with E-state index in [4.69, 9.17) is 0 Å². The Hall–Kier alpha value is -0.850. The highest BCUT2D eigenvalue weighted by Gasteiger charge is 2.27. The van der Waals surface area contributed by atoms with Gasteiger partial charge in [-0.3, -0.25) is 0 Å². The van der Waals surface area contributed by atoms with Gasteiger partial charge in [-0.25, -0.2) is 0 Å². The van der Waals surface area contributed by atoms with E-state index in [9.17, 15) is 13.2 Å². The highest BCUT2D eigenvalue weighted by atomic mass is 32.1. The molecule has 0 amide bonds. The van der Waals surface area contributed by atoms with Crippen LogP contribution in [0.15, 0.2) is 0 Å². The van der Waals surface area contributed by atoms with Crippen LogP contribution in [0.5, 0.6) is 0 Å². The third kappa shape index (κ3) is 4.34. The van der Waals surface area contributed by atoms with Gasteiger partial charge >= 0.3 is 6.18 Å². The van der Waals surface area contributed by atoms with Crippen LogP contribution in [0.3, 0.4) is 0 Å². The van der Waals surface area contributed by atoms with Crippen molar-refractivity contribution in [3.05, 3.63) is 5.01 Å². The van der Waals surface area contributed by atoms with Crippen molar-refractivity contribution in [1.29, 1.82) is 0 Å². The van der Waals surface area contributed by atoms with E-state index in [0.29, 0.717) is 5.13 Å². The first-order valence-corrected chi connectivity index (χ1v) is 5.84. The van der Waals surface area contributed by atoms with Gasteiger partial charge in [-0.1, -0.05) is 18.3 Å². The monoisotopic (exact) mass is 253 g/mol. The van der Waals surface area contributed by atoms with E-state index >= 15 is 0 Å². The molecule has 16 heavy (non-hydrogen) atoms. The number of aromatic nitrogens is 2. The third-order valence-electron chi connectivity index (χ3n) is 1.98. The van der Waals surface area contributed by atoms with Crippen molar-refractivity contribution in [2.75, 3.05) is 18.5 Å². The van der Waals surface area contributed by atoms with Crippen molar-refractivity contribution in [2.24, 2.45) is 0 Å². The van der Waals surface area contributed by atoms with Crippen LogP contribution in [-0.2, 0) is 6.42 Å². The number of hydrogen-bond donors (Lipinski definition) is 0. The first-order valence-electron chi connectivity index (χ1n) is 5.02. The maximum Gasteiger partial charge on any atom is 0.390 e. The molecule has 0 spiro atoms. The summed E-state index contributed by atoms with van der Waals surface area (Å²) in [6, 6.07) is 0. The maximum absolute atomic E-state index is 12.0. The Labute approximate surface area is 96.3 Å². The molecule has 92 valence electrons. The highest BCUT2D eigenvalue weighted by molar-refractivity contribution is 7.15. The van der Waals surface area contributed by atoms with Gasteiger partial charge in [0.1, 0.15) is 5.01 Å². The number of aryl methyl sites for hydroxylation is 1. The van der Waals surface area contributed by atoms with Gasteiger partial charge in [-0.2, -0.15) is 13.2 Å². The Morgan fingerprint density at radius 1 is 1.31 bits per heavy atom. The summed E-state index contributed by atoms with van der Waals surface area (Å²) >= 11 is 1.35. The van der Waals surface area contributed by atoms with Crippen LogP contribution in [0, 0.1) is 0 Å². The normalized spacial score (nSPS) is 11.8. The summed E-state index contributed by atoms with van der Waals surface area (Å²) < 4.78 is 36.0. The molecule has 0 unspecified atom stereocenters. The van der Waals surface area contributed by atoms with Crippen LogP contribution in [0.25, 0.3) is 0 Å². The number of anilines is 1. The van der Waals surface area contributed by atoms with Crippen LogP contribution in [0.1, 0.15) is 24.8 Å². The van der Waals surface area contributed by atoms with Crippen LogP contribution in [0.2, 0.25) is 0 Å². The summed E-state index contributed by atoms with van der Waals surface area (Å²) in [6.07, 6.45) is -3.16. The largest absolute Gasteiger partial charge is 0.390 e. The molecule has 0 saturated carbocycles. The molecule has 1 rings (SSSR count). The van der Waals surface area contributed by atoms with E-state index in [2.05, 4.69) is 10.2 Å². The second-order valence-electron chi connectivity index (χ2n) is 3.52. The molecule has 0 N–H and O–H groups in total. The number of halogens is 3. The summed E-state index contributed by atoms with van der Waals surface area (Å²) in [4.78, 5) is 1.49. The predicted octanol–water partition coefficient (Wildman–Crippen LogP) is 2.88. The molecule has 7 heteroatoms. The standard InChI is InChI=1S/C9H14F3N3S/c1-3-4-7-13-14-8(16-7)15(2)6-5-9(10,11)12/h3-6H2,1-2H3. The number of rotatable bonds is 5. The molecular formula is C9H14F3N3S. The molecule has 0 saturated heterocycles. The first kappa shape index (κ1) is 13.2. The van der Waals surface area contributed by atoms with Gasteiger partial charge in [-0.15, -0.1) is 10.2 Å². The number of hydrogen-bond acceptors (Lipinski definition) is 4. The van der Waals surface area contributed by atoms with E-state index in [0.717, 1.165) is 17.8 Å². The topological polar surface area (TPSA) is 29.0 Å². The lowest BCUT2D eigenvalue weighted by molar-refractivity contribution is -0.132. The second kappa shape index (κ2) is 5.47. The minimum atomic E-state index is -4.12. The van der Waals surface area contributed by atoms with Gasteiger partial charge in [0.15, 0.2) is 0 Å². The Kier molecular flexibility index (Phi) is 4.52. The van der Waals surface area contributed by atoms with E-state index in [1.54, 1.807) is 7.05 Å². The molecule has 0 bridgehead atoms. The Bertz CT molecular complexity index is 324. The molecule has 0 radical (unpaired) electrons. The SMILES string of the molecule is CCCc1nnc(N(C)CCC(F)(F)F)s1. The van der Waals surface area contributed by atoms with Crippen molar-refractivity contribution < 1.29 is 13.2 Å². The van der Waals surface area contributed by atoms with Crippen molar-refractivity contribution in [2.45, 2.75) is 32.4 Å². The molecule has 0 aliphatic rings. The van der Waals surface area contributed by atoms with Gasteiger partial charge in [0, 0.05) is 20.0 Å². The quantitative estimate of drug-likeness (QED) is 0.808. The van der Waals surface area contributed by atoms with Gasteiger partial charge < -0.3 is 4.90 Å². The summed E-state index contributed by atoms with van der Waals surface area (Å²) in [6.45, 7) is 1.94. The average Bonchev–Trinajstić information content (AvgIpc) is 2.62. The van der Waals surface area contributed by atoms with E-state index in [1.807, 2.05) is 6.92 Å². The summed E-state index contributed by atoms with van der Waals surface area (Å²) in [5, 5.41) is 9.20. The minimum Gasteiger partial charge on any atom is -0.349 e. The first-order chi connectivity index (χ1) is 7.42. The molecule has 0 aliphatic carbocycles. The van der Waals surface area contributed by atoms with Gasteiger partial charge in [0.05, 0.1) is 6.42 Å². The zero-order chi connectivity index (χ0) is 12.2. The molecule has 0 fully saturated rings. The lowest BCUT2D eigenvalue weighted by Crippen LogP contribution is -2.23. The Morgan fingerprint density at radius 3 is 2.56 bits per heavy atom. The lowest BCUT2D eigenvalue weighted by Gasteiger charge is -2.15. The van der Waals surface area contributed by atoms with E-state index in [1.165, 1.54) is 16.2 Å². The molecule has 0 aliphatic heterocycles. The van der Waals surface area contributed by atoms with Crippen LogP contribution in [0.4, 0.5) is 18.3 Å². The Balaban J connectivity index is 2.49. The highest BCUT2D eigenvalue weighted by Crippen LogP contribution is 2.24. The third-order valence-corrected chi connectivity index (χ3v) is 3.07. The van der Waals surface area contributed by atoms with Crippen molar-refractivity contribution in [1.82, 2.24) is 10.2 Å². The zero-order valence-electron chi connectivity index (χ0n) is 9.21. The summed E-state index contributed by atoms with van der Waals surface area (Å²) in [5.41, 5.74) is 0. The average molecular weight is 253 g/mol. The molecule has 1 aromatic heterocycles. The maximum atomic E-state index is 12.0. The number of nitrogens with zero attached hydrogens (tertiary/aromatic N) is 3. The summed E-state index contributed by atoms with van der Waals surface area (Å²) in [5.74, 6) is 0. The smallest absolute Gasteiger partial charge is 0.349 e. The molecule has 0 atom stereocenters. The van der Waals surface area contributed by atoms with Crippen molar-refractivity contribution in [3.8, 4) is 0 Å². The van der Waals surface area contributed by atoms with Gasteiger partial charge in [0.25, 0.3) is 0 Å². The van der Waals surface area contributed by atoms with Crippen molar-refractivity contribution >= 4 is 16.5 Å². The number of alkyl halides is 3. The summed E-state index contributed by atoms with van der Waals surface area (Å²) in [7, 11) is 1.60. The fourth-order valence-corrected chi connectivity index (χ4v) is 2.03. The van der Waals surface area contributed by atoms with Crippen LogP contribution < -0.4 is 4.90 Å². The Morgan fingerprint density at radius 2 is 2.00 bits per heavy atom. The predicted molar refractivity (Wildman–Crippen MR) is 57.8 cm³/mol. The zero-order valence-corrected chi connectivity index (χ0v) is 10.0. The van der Waals surface area contributed by atoms with E-state index < -0.39 is 12.6 Å². The fraction of sp³-hybridized carbons (Fsp3) is 0.778. The minimum absolute atomic E-state index is 0.0791. The van der Waals surface area contributed by atoms with E-state index in [-0.39, 0.29) is 6.54 Å². The molecule has 0 aromatic carbocycles. The molecule has 1 aromatic rings. The molecule has 3 nitrogen and oxygen atoms in total. The molecule has 1 heterocycles. The molecular weight excluding hydrogens is 239 g/mol. The lowest BCUT2D eigenvalue weighted by atomic mass is 10.4. The van der Waals surface area contributed by atoms with Gasteiger partial charge in [0.2, 0.25) is 5.13 Å². The fourth-order valence-electron chi connectivity index (χ4n) is 1.10. The van der Waals surface area contributed by atoms with Gasteiger partial charge in [-0.05, 0) is 6.42 Å².